The Morgan fingerprint density at radius 2 is 2.08 bits per heavy atom. The van der Waals surface area contributed by atoms with Crippen LogP contribution in [0.25, 0.3) is 6.08 Å². The maximum absolute atomic E-state index is 14.2. The summed E-state index contributed by atoms with van der Waals surface area (Å²) in [7, 11) is 2.31. The van der Waals surface area contributed by atoms with Gasteiger partial charge in [0.15, 0.2) is 0 Å². The molecule has 8 nitrogen and oxygen atoms in total. The molecule has 1 saturated carbocycles. The van der Waals surface area contributed by atoms with Crippen LogP contribution in [-0.2, 0) is 9.53 Å². The van der Waals surface area contributed by atoms with Crippen LogP contribution in [0.15, 0.2) is 41.3 Å². The second-order valence-corrected chi connectivity index (χ2v) is 11.8. The van der Waals surface area contributed by atoms with Gasteiger partial charge in [0.25, 0.3) is 0 Å². The second-order valence-electron chi connectivity index (χ2n) is 10.8. The number of ether oxygens (including phenoxy) is 2. The number of esters is 1. The van der Waals surface area contributed by atoms with Crippen molar-refractivity contribution >= 4 is 36.1 Å². The molecule has 2 unspecified atom stereocenters. The van der Waals surface area contributed by atoms with Crippen molar-refractivity contribution in [2.45, 2.75) is 43.1 Å². The van der Waals surface area contributed by atoms with Gasteiger partial charge in [0.1, 0.15) is 17.1 Å². The lowest BCUT2D eigenvalue weighted by molar-refractivity contribution is -0.106. The number of carbonyl (C=O) groups is 2. The molecule has 2 aliphatic heterocycles. The van der Waals surface area contributed by atoms with Crippen LogP contribution < -0.4 is 9.04 Å². The lowest BCUT2D eigenvalue weighted by atomic mass is 9.90. The molecule has 2 heterocycles. The van der Waals surface area contributed by atoms with E-state index in [4.69, 9.17) is 14.6 Å². The molecule has 0 aromatic heterocycles. The smallest absolute Gasteiger partial charge is 0.343 e. The van der Waals surface area contributed by atoms with Crippen LogP contribution in [0.4, 0.5) is 10.1 Å². The summed E-state index contributed by atoms with van der Waals surface area (Å²) in [6.45, 7) is 6.59. The topological polar surface area (TPSA) is 99.5 Å². The third-order valence-corrected chi connectivity index (χ3v) is 8.80. The molecule has 3 atom stereocenters. The number of likely N-dealkylation sites (tertiary alicyclic amines) is 1. The first-order chi connectivity index (χ1) is 19.2. The molecule has 1 aliphatic carbocycles. The number of benzene rings is 2. The largest absolute Gasteiger partial charge is 0.492 e. The molecule has 2 aromatic rings. The molecule has 0 spiro atoms. The Morgan fingerprint density at radius 3 is 2.75 bits per heavy atom. The van der Waals surface area contributed by atoms with Crippen LogP contribution in [-0.4, -0.2) is 73.6 Å². The van der Waals surface area contributed by atoms with E-state index in [1.807, 2.05) is 32.1 Å². The van der Waals surface area contributed by atoms with Gasteiger partial charge in [0, 0.05) is 36.9 Å². The van der Waals surface area contributed by atoms with Crippen LogP contribution in [0.2, 0.25) is 0 Å². The van der Waals surface area contributed by atoms with Gasteiger partial charge in [-0.05, 0) is 86.5 Å². The Hall–Kier alpha value is -2.92. The van der Waals surface area contributed by atoms with Crippen LogP contribution in [0.5, 0.6) is 5.75 Å². The maximum atomic E-state index is 14.2. The van der Waals surface area contributed by atoms with Crippen LogP contribution in [0, 0.1) is 17.7 Å². The SMILES string of the molecule is CO.COC(=O)c1c(N(C=O)Sc2ccc(F)cc2/C=C\CN2CCC(C(C)(C)O)C2)ccc2c1OC[C@@H]1CC21. The first-order valence-electron chi connectivity index (χ1n) is 13.4. The van der Waals surface area contributed by atoms with Crippen molar-refractivity contribution in [1.29, 1.82) is 0 Å². The lowest BCUT2D eigenvalue weighted by Gasteiger charge is -2.25. The number of methoxy groups -OCH3 is 1. The third kappa shape index (κ3) is 6.52. The number of fused-ring (bicyclic) bond motifs is 3. The molecule has 1 saturated heterocycles. The minimum absolute atomic E-state index is 0.215. The molecule has 5 rings (SSSR count). The summed E-state index contributed by atoms with van der Waals surface area (Å²) in [5.74, 6) is 0.591. The number of halogens is 1. The molecular weight excluding hydrogens is 535 g/mol. The summed E-state index contributed by atoms with van der Waals surface area (Å²) in [6.07, 6.45) is 6.41. The molecule has 40 heavy (non-hydrogen) atoms. The van der Waals surface area contributed by atoms with Gasteiger partial charge in [0.2, 0.25) is 6.41 Å². The molecule has 2 N–H and O–H groups in total. The highest BCUT2D eigenvalue weighted by molar-refractivity contribution is 8.01. The molecule has 2 aromatic carbocycles. The Morgan fingerprint density at radius 1 is 1.30 bits per heavy atom. The maximum Gasteiger partial charge on any atom is 0.343 e. The van der Waals surface area contributed by atoms with Crippen LogP contribution in [0.1, 0.15) is 54.1 Å². The van der Waals surface area contributed by atoms with Gasteiger partial charge in [0.05, 0.1) is 25.0 Å². The standard InChI is InChI=1S/C29H33FN2O5S.CH4O/c1-29(2,35)20-10-12-31(15-20)11-4-5-18-13-21(30)6-9-25(18)38-32(17-33)24-8-7-22-23-14-19(23)16-37-27(22)26(24)28(34)36-3;1-2/h4-9,13,17,19-20,23,35H,10-12,14-16H2,1-3H3;2H,1H3/b5-4-;/t19-,20?,23?;/m0./s1. The molecule has 216 valence electrons. The van der Waals surface area contributed by atoms with Crippen molar-refractivity contribution in [2.75, 3.05) is 44.8 Å². The molecule has 2 fully saturated rings. The Kier molecular flexibility index (Phi) is 9.56. The van der Waals surface area contributed by atoms with Crippen LogP contribution >= 0.6 is 11.9 Å². The van der Waals surface area contributed by atoms with Crippen molar-refractivity contribution in [3.8, 4) is 5.75 Å². The molecule has 1 amide bonds. The molecule has 10 heteroatoms. The summed E-state index contributed by atoms with van der Waals surface area (Å²) in [5, 5.41) is 17.3. The van der Waals surface area contributed by atoms with E-state index in [0.29, 0.717) is 53.3 Å². The van der Waals surface area contributed by atoms with E-state index in [-0.39, 0.29) is 17.3 Å². The number of anilines is 1. The van der Waals surface area contributed by atoms with Crippen molar-refractivity contribution in [2.24, 2.45) is 11.8 Å². The highest BCUT2D eigenvalue weighted by Crippen LogP contribution is 2.56. The third-order valence-electron chi connectivity index (χ3n) is 7.75. The van der Waals surface area contributed by atoms with Gasteiger partial charge in [-0.25, -0.2) is 9.18 Å². The fourth-order valence-electron chi connectivity index (χ4n) is 5.39. The van der Waals surface area contributed by atoms with E-state index < -0.39 is 11.6 Å². The zero-order chi connectivity index (χ0) is 29.0. The second kappa shape index (κ2) is 12.7. The first kappa shape index (κ1) is 30.0. The summed E-state index contributed by atoms with van der Waals surface area (Å²) in [6, 6.07) is 8.07. The monoisotopic (exact) mass is 572 g/mol. The quantitative estimate of drug-likeness (QED) is 0.258. The summed E-state index contributed by atoms with van der Waals surface area (Å²) < 4.78 is 26.6. The predicted octanol–water partition coefficient (Wildman–Crippen LogP) is 4.49. The zero-order valence-electron chi connectivity index (χ0n) is 23.3. The molecular formula is C30H37FN2O6S. The van der Waals surface area contributed by atoms with E-state index in [1.54, 1.807) is 12.1 Å². The normalized spacial score (nSPS) is 21.5. The van der Waals surface area contributed by atoms with Gasteiger partial charge in [-0.3, -0.25) is 14.0 Å². The average molecular weight is 573 g/mol. The van der Waals surface area contributed by atoms with Gasteiger partial charge >= 0.3 is 5.97 Å². The molecule has 0 radical (unpaired) electrons. The van der Waals surface area contributed by atoms with E-state index in [0.717, 1.165) is 50.6 Å². The summed E-state index contributed by atoms with van der Waals surface area (Å²) in [4.78, 5) is 28.0. The van der Waals surface area contributed by atoms with Crippen LogP contribution in [0.3, 0.4) is 0 Å². The van der Waals surface area contributed by atoms with Crippen molar-refractivity contribution in [3.05, 3.63) is 58.9 Å². The molecule has 0 bridgehead atoms. The number of nitrogens with zero attached hydrogens (tertiary/aromatic N) is 2. The fraction of sp³-hybridized carbons (Fsp3) is 0.467. The number of rotatable bonds is 9. The zero-order valence-corrected chi connectivity index (χ0v) is 24.1. The Bertz CT molecular complexity index is 1260. The minimum Gasteiger partial charge on any atom is -0.492 e. The number of hydrogen-bond donors (Lipinski definition) is 2. The lowest BCUT2D eigenvalue weighted by Crippen LogP contribution is -2.33. The number of amides is 1. The highest BCUT2D eigenvalue weighted by atomic mass is 32.2. The van der Waals surface area contributed by atoms with E-state index in [2.05, 4.69) is 4.90 Å². The first-order valence-corrected chi connectivity index (χ1v) is 14.1. The van der Waals surface area contributed by atoms with Crippen molar-refractivity contribution in [3.63, 3.8) is 0 Å². The Balaban J connectivity index is 0.00000181. The van der Waals surface area contributed by atoms with Gasteiger partial charge in [-0.2, -0.15) is 0 Å². The minimum atomic E-state index is -0.714. The van der Waals surface area contributed by atoms with E-state index in [1.165, 1.54) is 23.5 Å². The number of aliphatic hydroxyl groups is 2. The summed E-state index contributed by atoms with van der Waals surface area (Å²) >= 11 is 1.10. The Labute approximate surface area is 238 Å². The average Bonchev–Trinajstić information content (AvgIpc) is 3.59. The van der Waals surface area contributed by atoms with Gasteiger partial charge in [-0.1, -0.05) is 18.2 Å². The molecule has 3 aliphatic rings. The van der Waals surface area contributed by atoms with Crippen molar-refractivity contribution in [1.82, 2.24) is 4.90 Å². The predicted molar refractivity (Wildman–Crippen MR) is 153 cm³/mol. The summed E-state index contributed by atoms with van der Waals surface area (Å²) in [5.41, 5.74) is 1.47. The fourth-order valence-corrected chi connectivity index (χ4v) is 6.26. The van der Waals surface area contributed by atoms with E-state index >= 15 is 0 Å². The number of aliphatic hydroxyl groups excluding tert-OH is 1. The van der Waals surface area contributed by atoms with Gasteiger partial charge in [-0.15, -0.1) is 0 Å². The van der Waals surface area contributed by atoms with E-state index in [9.17, 15) is 19.1 Å². The highest BCUT2D eigenvalue weighted by Gasteiger charge is 2.45. The van der Waals surface area contributed by atoms with Crippen molar-refractivity contribution < 1.29 is 33.7 Å². The van der Waals surface area contributed by atoms with Gasteiger partial charge < -0.3 is 19.7 Å². The number of hydrogen-bond acceptors (Lipinski definition) is 8. The number of carbonyl (C=O) groups excluding carboxylic acids is 2.